The molecule has 10 heteroatoms. The normalized spacial score (nSPS) is 11.2. The molecule has 1 N–H and O–H groups in total. The van der Waals surface area contributed by atoms with Gasteiger partial charge in [0.25, 0.3) is 5.56 Å². The predicted octanol–water partition coefficient (Wildman–Crippen LogP) is 3.73. The number of ether oxygens (including phenoxy) is 1. The summed E-state index contributed by atoms with van der Waals surface area (Å²) in [6.07, 6.45) is 0. The standard InChI is InChI=1S/C24H20N6O3S/c1-15-21(23(31)30(29(15)2)16-9-5-4-6-10-16)20-14-34-22(26-20)19(13-25)28-27-18-12-8-7-11-17(18)24(32)33-3/h4-12,14,27H,1-3H3. The minimum Gasteiger partial charge on any atom is -0.465 e. The van der Waals surface area contributed by atoms with Crippen LogP contribution in [-0.4, -0.2) is 33.1 Å². The van der Waals surface area contributed by atoms with Gasteiger partial charge >= 0.3 is 5.97 Å². The molecule has 0 unspecified atom stereocenters. The lowest BCUT2D eigenvalue weighted by Crippen LogP contribution is -2.20. The molecule has 4 rings (SSSR count). The number of hydrazone groups is 1. The van der Waals surface area contributed by atoms with E-state index in [0.29, 0.717) is 22.0 Å². The molecule has 0 amide bonds. The van der Waals surface area contributed by atoms with E-state index in [1.165, 1.54) is 18.4 Å². The van der Waals surface area contributed by atoms with E-state index in [0.717, 1.165) is 11.4 Å². The van der Waals surface area contributed by atoms with Crippen molar-refractivity contribution in [3.05, 3.63) is 86.6 Å². The Bertz CT molecular complexity index is 1490. The molecule has 0 radical (unpaired) electrons. The first-order valence-corrected chi connectivity index (χ1v) is 11.1. The monoisotopic (exact) mass is 472 g/mol. The lowest BCUT2D eigenvalue weighted by molar-refractivity contribution is 0.0602. The summed E-state index contributed by atoms with van der Waals surface area (Å²) in [4.78, 5) is 29.7. The predicted molar refractivity (Wildman–Crippen MR) is 130 cm³/mol. The number of methoxy groups -OCH3 is 1. The van der Waals surface area contributed by atoms with Crippen LogP contribution >= 0.6 is 11.3 Å². The highest BCUT2D eigenvalue weighted by atomic mass is 32.1. The minimum atomic E-state index is -0.525. The third-order valence-electron chi connectivity index (χ3n) is 5.24. The molecule has 34 heavy (non-hydrogen) atoms. The molecule has 0 bridgehead atoms. The van der Waals surface area contributed by atoms with Gasteiger partial charge in [0.05, 0.1) is 35.3 Å². The van der Waals surface area contributed by atoms with E-state index in [1.807, 2.05) is 50.4 Å². The number of esters is 1. The molecule has 2 heterocycles. The number of hydrogen-bond acceptors (Lipinski definition) is 8. The molecule has 2 aromatic carbocycles. The third-order valence-corrected chi connectivity index (χ3v) is 6.09. The van der Waals surface area contributed by atoms with E-state index in [9.17, 15) is 14.9 Å². The highest BCUT2D eigenvalue weighted by molar-refractivity contribution is 7.12. The molecule has 0 aliphatic rings. The molecule has 0 saturated heterocycles. The number of carbonyl (C=O) groups is 1. The molecule has 0 saturated carbocycles. The average molecular weight is 473 g/mol. The molecule has 9 nitrogen and oxygen atoms in total. The maximum Gasteiger partial charge on any atom is 0.340 e. The van der Waals surface area contributed by atoms with Crippen LogP contribution in [-0.2, 0) is 11.8 Å². The van der Waals surface area contributed by atoms with Crippen molar-refractivity contribution in [2.45, 2.75) is 6.92 Å². The maximum atomic E-state index is 13.3. The summed E-state index contributed by atoms with van der Waals surface area (Å²) < 4.78 is 8.13. The van der Waals surface area contributed by atoms with Crippen molar-refractivity contribution in [3.63, 3.8) is 0 Å². The summed E-state index contributed by atoms with van der Waals surface area (Å²) >= 11 is 1.20. The number of rotatable bonds is 6. The fourth-order valence-corrected chi connectivity index (χ4v) is 4.21. The molecule has 0 aliphatic carbocycles. The molecule has 2 aromatic heterocycles. The second-order valence-corrected chi connectivity index (χ2v) is 8.05. The summed E-state index contributed by atoms with van der Waals surface area (Å²) in [5.41, 5.74) is 5.64. The van der Waals surface area contributed by atoms with Crippen LogP contribution < -0.4 is 11.0 Å². The first-order chi connectivity index (χ1) is 16.5. The Morgan fingerprint density at radius 2 is 1.88 bits per heavy atom. The number of benzene rings is 2. The van der Waals surface area contributed by atoms with Gasteiger partial charge in [-0.15, -0.1) is 11.3 Å². The topological polar surface area (TPSA) is 114 Å². The summed E-state index contributed by atoms with van der Waals surface area (Å²) in [6.45, 7) is 1.85. The maximum absolute atomic E-state index is 13.3. The summed E-state index contributed by atoms with van der Waals surface area (Å²) in [5, 5.41) is 15.9. The van der Waals surface area contributed by atoms with Gasteiger partial charge < -0.3 is 4.74 Å². The number of carbonyl (C=O) groups excluding carboxylic acids is 1. The zero-order chi connectivity index (χ0) is 24.2. The van der Waals surface area contributed by atoms with Crippen molar-refractivity contribution in [3.8, 4) is 23.0 Å². The number of aromatic nitrogens is 3. The number of anilines is 1. The summed E-state index contributed by atoms with van der Waals surface area (Å²) in [6, 6.07) is 18.0. The van der Waals surface area contributed by atoms with E-state index in [2.05, 4.69) is 15.5 Å². The summed E-state index contributed by atoms with van der Waals surface area (Å²) in [7, 11) is 3.10. The Labute approximate surface area is 199 Å². The van der Waals surface area contributed by atoms with Crippen LogP contribution in [0.2, 0.25) is 0 Å². The Morgan fingerprint density at radius 1 is 1.18 bits per heavy atom. The largest absolute Gasteiger partial charge is 0.465 e. The van der Waals surface area contributed by atoms with Crippen molar-refractivity contribution >= 4 is 28.7 Å². The average Bonchev–Trinajstić information content (AvgIpc) is 3.42. The van der Waals surface area contributed by atoms with Crippen LogP contribution in [0, 0.1) is 18.3 Å². The van der Waals surface area contributed by atoms with E-state index >= 15 is 0 Å². The van der Waals surface area contributed by atoms with E-state index in [4.69, 9.17) is 4.74 Å². The highest BCUT2D eigenvalue weighted by Crippen LogP contribution is 2.24. The molecule has 0 fully saturated rings. The second-order valence-electron chi connectivity index (χ2n) is 7.20. The minimum absolute atomic E-state index is 0.0212. The van der Waals surface area contributed by atoms with Crippen LogP contribution in [0.3, 0.4) is 0 Å². The number of thiazole rings is 1. The van der Waals surface area contributed by atoms with Crippen molar-refractivity contribution in [2.24, 2.45) is 12.1 Å². The van der Waals surface area contributed by atoms with Crippen LogP contribution in [0.25, 0.3) is 16.9 Å². The highest BCUT2D eigenvalue weighted by Gasteiger charge is 2.21. The SMILES string of the molecule is COC(=O)c1ccccc1NN=C(C#N)c1nc(-c2c(C)n(C)n(-c3ccccc3)c2=O)cs1. The van der Waals surface area contributed by atoms with Gasteiger partial charge in [-0.05, 0) is 31.2 Å². The van der Waals surface area contributed by atoms with Crippen LogP contribution in [0.15, 0.2) is 69.9 Å². The van der Waals surface area contributed by atoms with E-state index < -0.39 is 5.97 Å². The van der Waals surface area contributed by atoms with Crippen molar-refractivity contribution in [1.29, 1.82) is 5.26 Å². The Balaban J connectivity index is 1.69. The van der Waals surface area contributed by atoms with Gasteiger partial charge in [-0.25, -0.2) is 14.5 Å². The van der Waals surface area contributed by atoms with Gasteiger partial charge in [0, 0.05) is 18.1 Å². The molecular formula is C24H20N6O3S. The molecular weight excluding hydrogens is 452 g/mol. The van der Waals surface area contributed by atoms with E-state index in [-0.39, 0.29) is 16.8 Å². The van der Waals surface area contributed by atoms with Gasteiger partial charge in [-0.3, -0.25) is 14.9 Å². The number of nitrogens with zero attached hydrogens (tertiary/aromatic N) is 5. The first kappa shape index (κ1) is 22.7. The van der Waals surface area contributed by atoms with Crippen LogP contribution in [0.5, 0.6) is 0 Å². The lowest BCUT2D eigenvalue weighted by Gasteiger charge is -2.07. The van der Waals surface area contributed by atoms with Crippen LogP contribution in [0.1, 0.15) is 21.1 Å². The second kappa shape index (κ2) is 9.56. The Morgan fingerprint density at radius 3 is 2.59 bits per heavy atom. The third kappa shape index (κ3) is 4.12. The zero-order valence-corrected chi connectivity index (χ0v) is 19.5. The smallest absolute Gasteiger partial charge is 0.340 e. The van der Waals surface area contributed by atoms with Gasteiger partial charge in [0.1, 0.15) is 6.07 Å². The fourth-order valence-electron chi connectivity index (χ4n) is 3.47. The Hall–Kier alpha value is -4.49. The van der Waals surface area contributed by atoms with Crippen molar-refractivity contribution in [2.75, 3.05) is 12.5 Å². The van der Waals surface area contributed by atoms with Gasteiger partial charge in [0.15, 0.2) is 10.7 Å². The van der Waals surface area contributed by atoms with Crippen molar-refractivity contribution < 1.29 is 9.53 Å². The fraction of sp³-hybridized carbons (Fsp3) is 0.125. The van der Waals surface area contributed by atoms with Gasteiger partial charge in [-0.1, -0.05) is 30.3 Å². The molecule has 170 valence electrons. The molecule has 0 aliphatic heterocycles. The molecule has 0 spiro atoms. The van der Waals surface area contributed by atoms with Gasteiger partial charge in [0.2, 0.25) is 0 Å². The van der Waals surface area contributed by atoms with Gasteiger partial charge in [-0.2, -0.15) is 10.4 Å². The number of para-hydroxylation sites is 2. The number of hydrogen-bond donors (Lipinski definition) is 1. The first-order valence-electron chi connectivity index (χ1n) is 10.2. The summed E-state index contributed by atoms with van der Waals surface area (Å²) in [5.74, 6) is -0.525. The van der Waals surface area contributed by atoms with E-state index in [1.54, 1.807) is 39.0 Å². The number of nitrogens with one attached hydrogen (secondary N) is 1. The van der Waals surface area contributed by atoms with Crippen molar-refractivity contribution in [1.82, 2.24) is 14.3 Å². The molecule has 4 aromatic rings. The lowest BCUT2D eigenvalue weighted by atomic mass is 10.2. The van der Waals surface area contributed by atoms with Crippen LogP contribution in [0.4, 0.5) is 5.69 Å². The zero-order valence-electron chi connectivity index (χ0n) is 18.6. The quantitative estimate of drug-likeness (QED) is 0.260. The molecule has 0 atom stereocenters. The Kier molecular flexibility index (Phi) is 6.38. The number of nitriles is 1.